The van der Waals surface area contributed by atoms with Crippen LogP contribution in [-0.2, 0) is 11.2 Å². The van der Waals surface area contributed by atoms with E-state index in [0.717, 1.165) is 71.2 Å². The van der Waals surface area contributed by atoms with E-state index in [1.54, 1.807) is 13.2 Å². The van der Waals surface area contributed by atoms with E-state index in [-0.39, 0.29) is 17.4 Å². The first-order valence-corrected chi connectivity index (χ1v) is 12.3. The standard InChI is InChI=1S/C26H37N5O2/c1-26(12-17-29(18-13-26)15-10-21-7-4-3-5-8-21)25(33)30-14-6-9-23(11-16-30)31-20-22(19-28-31)24(32)27-2/h3-5,7-8,19-20,23H,6,9-18H2,1-2H3,(H,27,32)/t23-/m0/s1. The van der Waals surface area contributed by atoms with Crippen LogP contribution in [0.1, 0.15) is 61.0 Å². The Morgan fingerprint density at radius 1 is 1.09 bits per heavy atom. The van der Waals surface area contributed by atoms with Crippen molar-refractivity contribution in [3.8, 4) is 0 Å². The molecule has 2 saturated heterocycles. The Labute approximate surface area is 197 Å². The van der Waals surface area contributed by atoms with Crippen LogP contribution in [0, 0.1) is 5.41 Å². The summed E-state index contributed by atoms with van der Waals surface area (Å²) in [5, 5.41) is 7.06. The zero-order valence-corrected chi connectivity index (χ0v) is 20.0. The van der Waals surface area contributed by atoms with Crippen molar-refractivity contribution in [2.45, 2.75) is 51.5 Å². The fourth-order valence-electron chi connectivity index (χ4n) is 5.14. The maximum Gasteiger partial charge on any atom is 0.254 e. The number of likely N-dealkylation sites (tertiary alicyclic amines) is 2. The molecule has 4 rings (SSSR count). The largest absolute Gasteiger partial charge is 0.355 e. The van der Waals surface area contributed by atoms with Crippen molar-refractivity contribution in [1.29, 1.82) is 0 Å². The molecule has 1 atom stereocenters. The predicted molar refractivity (Wildman–Crippen MR) is 129 cm³/mol. The van der Waals surface area contributed by atoms with Gasteiger partial charge in [-0.05, 0) is 57.2 Å². The van der Waals surface area contributed by atoms with E-state index < -0.39 is 0 Å². The summed E-state index contributed by atoms with van der Waals surface area (Å²) in [6.45, 7) is 6.76. The van der Waals surface area contributed by atoms with Crippen molar-refractivity contribution >= 4 is 11.8 Å². The SMILES string of the molecule is CNC(=O)c1cnn([C@H]2CCCN(C(=O)C3(C)CCN(CCc4ccccc4)CC3)CC2)c1. The van der Waals surface area contributed by atoms with Crippen molar-refractivity contribution in [2.24, 2.45) is 5.41 Å². The molecular weight excluding hydrogens is 414 g/mol. The molecule has 3 heterocycles. The van der Waals surface area contributed by atoms with Crippen LogP contribution < -0.4 is 5.32 Å². The van der Waals surface area contributed by atoms with Crippen molar-refractivity contribution in [1.82, 2.24) is 24.9 Å². The van der Waals surface area contributed by atoms with Crippen molar-refractivity contribution < 1.29 is 9.59 Å². The molecule has 1 N–H and O–H groups in total. The molecule has 0 spiro atoms. The number of piperidine rings is 1. The molecule has 2 aliphatic heterocycles. The smallest absolute Gasteiger partial charge is 0.254 e. The third kappa shape index (κ3) is 5.64. The minimum Gasteiger partial charge on any atom is -0.355 e. The molecule has 33 heavy (non-hydrogen) atoms. The van der Waals surface area contributed by atoms with Crippen LogP contribution in [0.25, 0.3) is 0 Å². The zero-order valence-electron chi connectivity index (χ0n) is 20.0. The first-order chi connectivity index (χ1) is 16.0. The summed E-state index contributed by atoms with van der Waals surface area (Å²) in [6.07, 6.45) is 9.18. The fourth-order valence-corrected chi connectivity index (χ4v) is 5.14. The Balaban J connectivity index is 1.28. The minimum absolute atomic E-state index is 0.116. The van der Waals surface area contributed by atoms with Gasteiger partial charge < -0.3 is 15.1 Å². The van der Waals surface area contributed by atoms with Gasteiger partial charge in [0.05, 0.1) is 17.8 Å². The Morgan fingerprint density at radius 2 is 1.85 bits per heavy atom. The molecule has 2 aliphatic rings. The second kappa shape index (κ2) is 10.5. The molecule has 0 bridgehead atoms. The molecule has 0 radical (unpaired) electrons. The average molecular weight is 452 g/mol. The van der Waals surface area contributed by atoms with Gasteiger partial charge in [0.1, 0.15) is 0 Å². The van der Waals surface area contributed by atoms with Crippen LogP contribution in [0.4, 0.5) is 0 Å². The van der Waals surface area contributed by atoms with Gasteiger partial charge in [0, 0.05) is 38.3 Å². The Hall–Kier alpha value is -2.67. The molecule has 178 valence electrons. The lowest BCUT2D eigenvalue weighted by Gasteiger charge is -2.41. The van der Waals surface area contributed by atoms with Crippen LogP contribution in [0.5, 0.6) is 0 Å². The number of hydrogen-bond acceptors (Lipinski definition) is 4. The van der Waals surface area contributed by atoms with Crippen LogP contribution in [0.2, 0.25) is 0 Å². The minimum atomic E-state index is -0.263. The highest BCUT2D eigenvalue weighted by molar-refractivity contribution is 5.93. The van der Waals surface area contributed by atoms with Gasteiger partial charge in [-0.1, -0.05) is 37.3 Å². The van der Waals surface area contributed by atoms with Crippen molar-refractivity contribution in [3.63, 3.8) is 0 Å². The Kier molecular flexibility index (Phi) is 7.48. The number of amides is 2. The quantitative estimate of drug-likeness (QED) is 0.733. The number of carbonyl (C=O) groups is 2. The number of aromatic nitrogens is 2. The van der Waals surface area contributed by atoms with Gasteiger partial charge >= 0.3 is 0 Å². The molecule has 7 heteroatoms. The number of nitrogens with one attached hydrogen (secondary N) is 1. The van der Waals surface area contributed by atoms with Crippen LogP contribution >= 0.6 is 0 Å². The van der Waals surface area contributed by atoms with E-state index in [4.69, 9.17) is 0 Å². The summed E-state index contributed by atoms with van der Waals surface area (Å²) in [4.78, 5) is 30.0. The summed E-state index contributed by atoms with van der Waals surface area (Å²) in [5.74, 6) is 0.201. The fraction of sp³-hybridized carbons (Fsp3) is 0.577. The molecule has 2 fully saturated rings. The lowest BCUT2D eigenvalue weighted by atomic mass is 9.79. The number of benzene rings is 1. The highest BCUT2D eigenvalue weighted by atomic mass is 16.2. The highest BCUT2D eigenvalue weighted by Gasteiger charge is 2.40. The van der Waals surface area contributed by atoms with Gasteiger partial charge in [0.2, 0.25) is 5.91 Å². The van der Waals surface area contributed by atoms with E-state index in [2.05, 4.69) is 57.5 Å². The zero-order chi connectivity index (χ0) is 23.3. The third-order valence-corrected chi connectivity index (χ3v) is 7.49. The van der Waals surface area contributed by atoms with E-state index >= 15 is 0 Å². The second-order valence-electron chi connectivity index (χ2n) is 9.80. The maximum absolute atomic E-state index is 13.5. The van der Waals surface area contributed by atoms with E-state index in [1.807, 2.05) is 10.9 Å². The van der Waals surface area contributed by atoms with Crippen molar-refractivity contribution in [3.05, 3.63) is 53.9 Å². The summed E-state index contributed by atoms with van der Waals surface area (Å²) in [5.41, 5.74) is 1.70. The summed E-state index contributed by atoms with van der Waals surface area (Å²) in [6, 6.07) is 10.9. The predicted octanol–water partition coefficient (Wildman–Crippen LogP) is 3.14. The number of rotatable bonds is 6. The molecule has 1 aromatic heterocycles. The number of nitrogens with zero attached hydrogens (tertiary/aromatic N) is 4. The van der Waals surface area contributed by atoms with Gasteiger partial charge in [-0.25, -0.2) is 0 Å². The average Bonchev–Trinajstić information content (AvgIpc) is 3.21. The lowest BCUT2D eigenvalue weighted by Crippen LogP contribution is -2.49. The van der Waals surface area contributed by atoms with Gasteiger partial charge in [-0.3, -0.25) is 14.3 Å². The summed E-state index contributed by atoms with van der Waals surface area (Å²) < 4.78 is 1.91. The van der Waals surface area contributed by atoms with Crippen LogP contribution in [-0.4, -0.2) is 71.2 Å². The summed E-state index contributed by atoms with van der Waals surface area (Å²) in [7, 11) is 1.63. The first kappa shape index (κ1) is 23.5. The molecular formula is C26H37N5O2. The topological polar surface area (TPSA) is 70.5 Å². The Morgan fingerprint density at radius 3 is 2.58 bits per heavy atom. The second-order valence-corrected chi connectivity index (χ2v) is 9.80. The maximum atomic E-state index is 13.5. The van der Waals surface area contributed by atoms with E-state index in [1.165, 1.54) is 5.56 Å². The van der Waals surface area contributed by atoms with Crippen molar-refractivity contribution in [2.75, 3.05) is 39.8 Å². The van der Waals surface area contributed by atoms with Gasteiger partial charge in [0.25, 0.3) is 5.91 Å². The van der Waals surface area contributed by atoms with Gasteiger partial charge in [0.15, 0.2) is 0 Å². The molecule has 7 nitrogen and oxygen atoms in total. The monoisotopic (exact) mass is 451 g/mol. The summed E-state index contributed by atoms with van der Waals surface area (Å²) >= 11 is 0. The molecule has 0 aliphatic carbocycles. The number of hydrogen-bond donors (Lipinski definition) is 1. The molecule has 2 aromatic rings. The van der Waals surface area contributed by atoms with E-state index in [9.17, 15) is 9.59 Å². The molecule has 0 unspecified atom stereocenters. The van der Waals surface area contributed by atoms with E-state index in [0.29, 0.717) is 11.5 Å². The van der Waals surface area contributed by atoms with Gasteiger partial charge in [-0.15, -0.1) is 0 Å². The number of carbonyl (C=O) groups excluding carboxylic acids is 2. The van der Waals surface area contributed by atoms with Gasteiger partial charge in [-0.2, -0.15) is 5.10 Å². The first-order valence-electron chi connectivity index (χ1n) is 12.3. The third-order valence-electron chi connectivity index (χ3n) is 7.49. The highest BCUT2D eigenvalue weighted by Crippen LogP contribution is 2.34. The van der Waals surface area contributed by atoms with Crippen LogP contribution in [0.3, 0.4) is 0 Å². The normalized spacial score (nSPS) is 21.4. The molecule has 2 amide bonds. The Bertz CT molecular complexity index is 933. The molecule has 0 saturated carbocycles. The van der Waals surface area contributed by atoms with Crippen LogP contribution in [0.15, 0.2) is 42.7 Å². The lowest BCUT2D eigenvalue weighted by molar-refractivity contribution is -0.144. The molecule has 1 aromatic carbocycles.